The molecule has 4 heteroatoms. The number of hydrogen-bond donors (Lipinski definition) is 2. The van der Waals surface area contributed by atoms with Crippen LogP contribution in [0.25, 0.3) is 11.0 Å². The second kappa shape index (κ2) is 5.29. The largest absolute Gasteiger partial charge is 0.459 e. The Balaban J connectivity index is 2.09. The molecule has 3 rings (SSSR count). The minimum atomic E-state index is -0.222. The van der Waals surface area contributed by atoms with E-state index < -0.39 is 0 Å². The van der Waals surface area contributed by atoms with E-state index in [4.69, 9.17) is 21.9 Å². The molecule has 0 saturated carbocycles. The zero-order valence-electron chi connectivity index (χ0n) is 11.1. The van der Waals surface area contributed by atoms with Crippen molar-refractivity contribution in [2.24, 2.45) is 5.84 Å². The van der Waals surface area contributed by atoms with Crippen LogP contribution in [0.5, 0.6) is 0 Å². The zero-order valence-corrected chi connectivity index (χ0v) is 11.8. The number of nitrogens with two attached hydrogens (primary N) is 1. The van der Waals surface area contributed by atoms with Crippen molar-refractivity contribution >= 4 is 22.6 Å². The molecule has 2 aromatic carbocycles. The predicted molar refractivity (Wildman–Crippen MR) is 81.6 cm³/mol. The van der Waals surface area contributed by atoms with E-state index in [1.54, 1.807) is 0 Å². The summed E-state index contributed by atoms with van der Waals surface area (Å²) in [6.45, 7) is 2.03. The number of para-hydroxylation sites is 1. The lowest BCUT2D eigenvalue weighted by Crippen LogP contribution is -2.28. The molecule has 1 aromatic heterocycles. The van der Waals surface area contributed by atoms with Gasteiger partial charge < -0.3 is 4.42 Å². The average Bonchev–Trinajstić information content (AvgIpc) is 2.85. The van der Waals surface area contributed by atoms with Crippen molar-refractivity contribution < 1.29 is 4.42 Å². The van der Waals surface area contributed by atoms with Gasteiger partial charge in [-0.1, -0.05) is 41.9 Å². The molecule has 0 bridgehead atoms. The van der Waals surface area contributed by atoms with Gasteiger partial charge in [0, 0.05) is 10.4 Å². The van der Waals surface area contributed by atoms with Gasteiger partial charge in [0.15, 0.2) is 0 Å². The summed E-state index contributed by atoms with van der Waals surface area (Å²) in [6.07, 6.45) is 0. The lowest BCUT2D eigenvalue weighted by Gasteiger charge is -2.13. The molecular weight excluding hydrogens is 272 g/mol. The first-order valence-electron chi connectivity index (χ1n) is 6.39. The number of benzene rings is 2. The van der Waals surface area contributed by atoms with Crippen LogP contribution >= 0.6 is 11.6 Å². The first kappa shape index (κ1) is 13.2. The van der Waals surface area contributed by atoms with Gasteiger partial charge in [-0.25, -0.2) is 5.43 Å². The lowest BCUT2D eigenvalue weighted by molar-refractivity contribution is 0.476. The second-order valence-electron chi connectivity index (χ2n) is 4.80. The summed E-state index contributed by atoms with van der Waals surface area (Å²) in [5.74, 6) is 6.47. The first-order valence-corrected chi connectivity index (χ1v) is 6.77. The molecular formula is C16H15ClN2O. The fraction of sp³-hybridized carbons (Fsp3) is 0.125. The van der Waals surface area contributed by atoms with Crippen LogP contribution in [-0.4, -0.2) is 0 Å². The number of fused-ring (bicyclic) bond motifs is 1. The Kier molecular flexibility index (Phi) is 3.49. The van der Waals surface area contributed by atoms with Crippen LogP contribution in [0.1, 0.15) is 22.9 Å². The maximum Gasteiger partial charge on any atom is 0.137 e. The fourth-order valence-corrected chi connectivity index (χ4v) is 2.60. The van der Waals surface area contributed by atoms with Crippen LogP contribution in [0.3, 0.4) is 0 Å². The number of rotatable bonds is 3. The van der Waals surface area contributed by atoms with Crippen LogP contribution in [0.2, 0.25) is 5.02 Å². The minimum Gasteiger partial charge on any atom is -0.459 e. The fourth-order valence-electron chi connectivity index (χ4n) is 2.40. The number of aryl methyl sites for hydroxylation is 1. The van der Waals surface area contributed by atoms with Crippen LogP contribution < -0.4 is 11.3 Å². The van der Waals surface area contributed by atoms with Crippen molar-refractivity contribution in [2.75, 3.05) is 0 Å². The summed E-state index contributed by atoms with van der Waals surface area (Å²) in [6, 6.07) is 15.4. The molecule has 1 atom stereocenters. The number of nitrogens with one attached hydrogen (secondary N) is 1. The van der Waals surface area contributed by atoms with Crippen molar-refractivity contribution in [3.63, 3.8) is 0 Å². The summed E-state index contributed by atoms with van der Waals surface area (Å²) in [4.78, 5) is 0. The Hall–Kier alpha value is -1.81. The number of furan rings is 1. The van der Waals surface area contributed by atoms with Crippen molar-refractivity contribution in [3.05, 3.63) is 70.4 Å². The molecule has 0 spiro atoms. The highest BCUT2D eigenvalue weighted by molar-refractivity contribution is 6.30. The van der Waals surface area contributed by atoms with Crippen molar-refractivity contribution in [3.8, 4) is 0 Å². The average molecular weight is 287 g/mol. The maximum absolute atomic E-state index is 6.04. The van der Waals surface area contributed by atoms with Gasteiger partial charge >= 0.3 is 0 Å². The van der Waals surface area contributed by atoms with E-state index in [1.165, 1.54) is 0 Å². The van der Waals surface area contributed by atoms with Gasteiger partial charge in [-0.2, -0.15) is 0 Å². The normalized spacial score (nSPS) is 12.8. The van der Waals surface area contributed by atoms with Gasteiger partial charge in [0.2, 0.25) is 0 Å². The van der Waals surface area contributed by atoms with E-state index in [9.17, 15) is 0 Å². The summed E-state index contributed by atoms with van der Waals surface area (Å²) < 4.78 is 5.96. The van der Waals surface area contributed by atoms with E-state index in [2.05, 4.69) is 5.43 Å². The van der Waals surface area contributed by atoms with Gasteiger partial charge in [0.1, 0.15) is 17.4 Å². The lowest BCUT2D eigenvalue weighted by atomic mass is 10.0. The van der Waals surface area contributed by atoms with E-state index >= 15 is 0 Å². The highest BCUT2D eigenvalue weighted by Gasteiger charge is 2.18. The van der Waals surface area contributed by atoms with E-state index in [-0.39, 0.29) is 6.04 Å². The Morgan fingerprint density at radius 2 is 1.95 bits per heavy atom. The molecule has 0 amide bonds. The van der Waals surface area contributed by atoms with Crippen LogP contribution in [0, 0.1) is 6.92 Å². The van der Waals surface area contributed by atoms with Crippen molar-refractivity contribution in [2.45, 2.75) is 13.0 Å². The highest BCUT2D eigenvalue weighted by atomic mass is 35.5. The third kappa shape index (κ3) is 2.31. The molecule has 0 fully saturated rings. The molecule has 3 N–H and O–H groups in total. The van der Waals surface area contributed by atoms with Gasteiger partial charge in [-0.15, -0.1) is 0 Å². The molecule has 0 aliphatic carbocycles. The van der Waals surface area contributed by atoms with Gasteiger partial charge in [0.05, 0.1) is 0 Å². The number of halogens is 1. The Bertz CT molecular complexity index is 751. The number of hydrogen-bond acceptors (Lipinski definition) is 3. The molecule has 3 aromatic rings. The molecule has 3 nitrogen and oxygen atoms in total. The second-order valence-corrected chi connectivity index (χ2v) is 5.23. The molecule has 0 aliphatic rings. The van der Waals surface area contributed by atoms with Gasteiger partial charge in [-0.3, -0.25) is 5.84 Å². The van der Waals surface area contributed by atoms with Crippen molar-refractivity contribution in [1.82, 2.24) is 5.43 Å². The highest BCUT2D eigenvalue weighted by Crippen LogP contribution is 2.30. The maximum atomic E-state index is 6.04. The molecule has 20 heavy (non-hydrogen) atoms. The van der Waals surface area contributed by atoms with E-state index in [0.29, 0.717) is 5.02 Å². The smallest absolute Gasteiger partial charge is 0.137 e. The third-order valence-corrected chi connectivity index (χ3v) is 3.63. The summed E-state index contributed by atoms with van der Waals surface area (Å²) in [5, 5.41) is 1.75. The van der Waals surface area contributed by atoms with Gasteiger partial charge in [0.25, 0.3) is 0 Å². The summed E-state index contributed by atoms with van der Waals surface area (Å²) in [7, 11) is 0. The molecule has 102 valence electrons. The molecule has 0 aliphatic heterocycles. The standard InChI is InChI=1S/C16H15ClN2O/c1-10-4-2-6-12-9-14(20-16(10)12)15(19-18)11-5-3-7-13(17)8-11/h2-9,15,19H,18H2,1H3. The monoisotopic (exact) mass is 286 g/mol. The van der Waals surface area contributed by atoms with Crippen molar-refractivity contribution in [1.29, 1.82) is 0 Å². The van der Waals surface area contributed by atoms with Crippen LogP contribution in [-0.2, 0) is 0 Å². The van der Waals surface area contributed by atoms with Gasteiger partial charge in [-0.05, 0) is 36.2 Å². The van der Waals surface area contributed by atoms with Crippen LogP contribution in [0.4, 0.5) is 0 Å². The molecule has 1 unspecified atom stereocenters. The van der Waals surface area contributed by atoms with E-state index in [0.717, 1.165) is 27.9 Å². The number of hydrazine groups is 1. The van der Waals surface area contributed by atoms with Crippen LogP contribution in [0.15, 0.2) is 52.9 Å². The minimum absolute atomic E-state index is 0.222. The molecule has 1 heterocycles. The van der Waals surface area contributed by atoms with E-state index in [1.807, 2.05) is 55.5 Å². The summed E-state index contributed by atoms with van der Waals surface area (Å²) >= 11 is 6.04. The predicted octanol–water partition coefficient (Wildman–Crippen LogP) is 3.95. The SMILES string of the molecule is Cc1cccc2cc(C(NN)c3cccc(Cl)c3)oc12. The first-order chi connectivity index (χ1) is 9.69. The summed E-state index contributed by atoms with van der Waals surface area (Å²) in [5.41, 5.74) is 5.76. The quantitative estimate of drug-likeness (QED) is 0.566. The topological polar surface area (TPSA) is 51.2 Å². The Morgan fingerprint density at radius 3 is 2.65 bits per heavy atom. The molecule has 0 saturated heterocycles. The Labute approximate surface area is 122 Å². The zero-order chi connectivity index (χ0) is 14.1. The molecule has 0 radical (unpaired) electrons. The third-order valence-electron chi connectivity index (χ3n) is 3.39. The Morgan fingerprint density at radius 1 is 1.15 bits per heavy atom.